The first-order valence-corrected chi connectivity index (χ1v) is 5.51. The molecule has 1 aliphatic carbocycles. The highest BCUT2D eigenvalue weighted by Crippen LogP contribution is 2.48. The molecule has 1 heteroatoms. The maximum atomic E-state index is 11.6. The van der Waals surface area contributed by atoms with Crippen molar-refractivity contribution >= 4 is 5.78 Å². The Morgan fingerprint density at radius 1 is 1.54 bits per heavy atom. The van der Waals surface area contributed by atoms with E-state index in [1.807, 2.05) is 0 Å². The lowest BCUT2D eigenvalue weighted by Crippen LogP contribution is -2.29. The third kappa shape index (κ3) is 1.95. The molecule has 0 aromatic rings. The number of rotatable bonds is 3. The van der Waals surface area contributed by atoms with Crippen molar-refractivity contribution in [3.63, 3.8) is 0 Å². The smallest absolute Gasteiger partial charge is 0.135 e. The van der Waals surface area contributed by atoms with Gasteiger partial charge in [0, 0.05) is 5.41 Å². The lowest BCUT2D eigenvalue weighted by atomic mass is 9.74. The van der Waals surface area contributed by atoms with Gasteiger partial charge < -0.3 is 0 Å². The minimum Gasteiger partial charge on any atom is -0.299 e. The first-order valence-electron chi connectivity index (χ1n) is 5.51. The second-order valence-corrected chi connectivity index (χ2v) is 5.00. The molecule has 1 rings (SSSR count). The topological polar surface area (TPSA) is 17.1 Å². The van der Waals surface area contributed by atoms with Gasteiger partial charge in [-0.1, -0.05) is 27.2 Å². The molecule has 1 saturated carbocycles. The lowest BCUT2D eigenvalue weighted by Gasteiger charge is -2.28. The minimum absolute atomic E-state index is 0.00454. The van der Waals surface area contributed by atoms with Gasteiger partial charge in [-0.3, -0.25) is 4.79 Å². The largest absolute Gasteiger partial charge is 0.299 e. The normalized spacial score (nSPS) is 39.4. The highest BCUT2D eigenvalue weighted by molar-refractivity contribution is 5.82. The highest BCUT2D eigenvalue weighted by Gasteiger charge is 2.44. The van der Waals surface area contributed by atoms with Gasteiger partial charge in [0.25, 0.3) is 0 Å². The van der Waals surface area contributed by atoms with Crippen LogP contribution in [0.2, 0.25) is 0 Å². The Morgan fingerprint density at radius 3 is 2.62 bits per heavy atom. The number of Topliss-reactive ketones (excluding diaryl/α,β-unsaturated/α-hetero) is 1. The zero-order chi connectivity index (χ0) is 10.1. The van der Waals surface area contributed by atoms with Gasteiger partial charge in [-0.2, -0.15) is 0 Å². The number of hydrogen-bond donors (Lipinski definition) is 0. The van der Waals surface area contributed by atoms with Crippen LogP contribution < -0.4 is 0 Å². The van der Waals surface area contributed by atoms with Crippen LogP contribution in [0.3, 0.4) is 0 Å². The maximum Gasteiger partial charge on any atom is 0.135 e. The van der Waals surface area contributed by atoms with Gasteiger partial charge in [0.15, 0.2) is 0 Å². The molecule has 0 saturated heterocycles. The molecule has 0 amide bonds. The van der Waals surface area contributed by atoms with Crippen molar-refractivity contribution in [3.8, 4) is 0 Å². The van der Waals surface area contributed by atoms with E-state index in [1.165, 1.54) is 19.3 Å². The zero-order valence-corrected chi connectivity index (χ0v) is 9.39. The fourth-order valence-corrected chi connectivity index (χ4v) is 2.94. The lowest BCUT2D eigenvalue weighted by molar-refractivity contribution is -0.127. The number of carbonyl (C=O) groups is 1. The summed E-state index contributed by atoms with van der Waals surface area (Å²) in [4.78, 5) is 11.6. The van der Waals surface area contributed by atoms with E-state index < -0.39 is 0 Å². The van der Waals surface area contributed by atoms with Crippen LogP contribution >= 0.6 is 0 Å². The molecule has 3 atom stereocenters. The van der Waals surface area contributed by atoms with E-state index in [2.05, 4.69) is 20.8 Å². The molecule has 0 aromatic heterocycles. The molecule has 0 heterocycles. The van der Waals surface area contributed by atoms with E-state index in [9.17, 15) is 4.79 Å². The Hall–Kier alpha value is -0.330. The molecule has 0 N–H and O–H groups in total. The van der Waals surface area contributed by atoms with Gasteiger partial charge in [0.1, 0.15) is 5.78 Å². The summed E-state index contributed by atoms with van der Waals surface area (Å²) in [6.45, 7) is 8.42. The van der Waals surface area contributed by atoms with Crippen LogP contribution in [0, 0.1) is 17.3 Å². The van der Waals surface area contributed by atoms with E-state index in [0.29, 0.717) is 11.7 Å². The third-order valence-electron chi connectivity index (χ3n) is 3.80. The van der Waals surface area contributed by atoms with Crippen molar-refractivity contribution in [2.45, 2.75) is 53.4 Å². The SMILES string of the molecule is CCCC1CC(C)CC1(C)C(C)=O. The summed E-state index contributed by atoms with van der Waals surface area (Å²) in [6.07, 6.45) is 4.79. The Labute approximate surface area is 81.9 Å². The van der Waals surface area contributed by atoms with Crippen LogP contribution in [0.4, 0.5) is 0 Å². The molecule has 76 valence electrons. The van der Waals surface area contributed by atoms with Gasteiger partial charge in [0.05, 0.1) is 0 Å². The van der Waals surface area contributed by atoms with Gasteiger partial charge in [0.2, 0.25) is 0 Å². The highest BCUT2D eigenvalue weighted by atomic mass is 16.1. The van der Waals surface area contributed by atoms with E-state index in [1.54, 1.807) is 6.92 Å². The van der Waals surface area contributed by atoms with Crippen molar-refractivity contribution in [1.29, 1.82) is 0 Å². The fraction of sp³-hybridized carbons (Fsp3) is 0.917. The van der Waals surface area contributed by atoms with Crippen LogP contribution in [-0.4, -0.2) is 5.78 Å². The predicted molar refractivity (Wildman–Crippen MR) is 55.6 cm³/mol. The Morgan fingerprint density at radius 2 is 2.15 bits per heavy atom. The monoisotopic (exact) mass is 182 g/mol. The van der Waals surface area contributed by atoms with Crippen LogP contribution in [0.15, 0.2) is 0 Å². The van der Waals surface area contributed by atoms with Crippen LogP contribution in [0.1, 0.15) is 53.4 Å². The molecule has 1 aliphatic rings. The van der Waals surface area contributed by atoms with Crippen molar-refractivity contribution in [3.05, 3.63) is 0 Å². The van der Waals surface area contributed by atoms with Gasteiger partial charge in [-0.25, -0.2) is 0 Å². The average molecular weight is 182 g/mol. The quantitative estimate of drug-likeness (QED) is 0.653. The molecule has 0 bridgehead atoms. The average Bonchev–Trinajstić information content (AvgIpc) is 2.29. The maximum absolute atomic E-state index is 11.6. The van der Waals surface area contributed by atoms with Crippen molar-refractivity contribution in [2.75, 3.05) is 0 Å². The van der Waals surface area contributed by atoms with Gasteiger partial charge in [-0.15, -0.1) is 0 Å². The Balaban J connectivity index is 2.75. The second-order valence-electron chi connectivity index (χ2n) is 5.00. The summed E-state index contributed by atoms with van der Waals surface area (Å²) in [5, 5.41) is 0. The fourth-order valence-electron chi connectivity index (χ4n) is 2.94. The number of carbonyl (C=O) groups excluding carboxylic acids is 1. The molecule has 1 fully saturated rings. The molecule has 0 radical (unpaired) electrons. The van der Waals surface area contributed by atoms with E-state index >= 15 is 0 Å². The molecule has 0 aliphatic heterocycles. The van der Waals surface area contributed by atoms with Crippen molar-refractivity contribution in [2.24, 2.45) is 17.3 Å². The number of hydrogen-bond acceptors (Lipinski definition) is 1. The first-order chi connectivity index (χ1) is 6.00. The van der Waals surface area contributed by atoms with E-state index in [-0.39, 0.29) is 5.41 Å². The minimum atomic E-state index is -0.00454. The molecule has 13 heavy (non-hydrogen) atoms. The summed E-state index contributed by atoms with van der Waals surface area (Å²) >= 11 is 0. The molecule has 1 nitrogen and oxygen atoms in total. The van der Waals surface area contributed by atoms with Crippen LogP contribution in [0.5, 0.6) is 0 Å². The predicted octanol–water partition coefficient (Wildman–Crippen LogP) is 3.43. The number of ketones is 1. The standard InChI is InChI=1S/C12H22O/c1-5-6-11-7-9(2)8-12(11,4)10(3)13/h9,11H,5-8H2,1-4H3. The molecular weight excluding hydrogens is 160 g/mol. The molecule has 0 spiro atoms. The third-order valence-corrected chi connectivity index (χ3v) is 3.80. The van der Waals surface area contributed by atoms with Crippen molar-refractivity contribution < 1.29 is 4.79 Å². The summed E-state index contributed by atoms with van der Waals surface area (Å²) in [5.41, 5.74) is -0.00454. The Bertz CT molecular complexity index is 197. The van der Waals surface area contributed by atoms with Gasteiger partial charge >= 0.3 is 0 Å². The summed E-state index contributed by atoms with van der Waals surface area (Å²) in [5.74, 6) is 1.78. The van der Waals surface area contributed by atoms with Crippen LogP contribution in [0.25, 0.3) is 0 Å². The molecular formula is C12H22O. The summed E-state index contributed by atoms with van der Waals surface area (Å²) in [7, 11) is 0. The van der Waals surface area contributed by atoms with E-state index in [4.69, 9.17) is 0 Å². The summed E-state index contributed by atoms with van der Waals surface area (Å²) in [6, 6.07) is 0. The van der Waals surface area contributed by atoms with Crippen LogP contribution in [-0.2, 0) is 4.79 Å². The molecule has 0 aromatic carbocycles. The Kier molecular flexibility index (Phi) is 3.15. The van der Waals surface area contributed by atoms with Gasteiger partial charge in [-0.05, 0) is 38.0 Å². The molecule has 3 unspecified atom stereocenters. The van der Waals surface area contributed by atoms with E-state index in [0.717, 1.165) is 12.3 Å². The van der Waals surface area contributed by atoms with Crippen molar-refractivity contribution in [1.82, 2.24) is 0 Å². The first kappa shape index (κ1) is 10.7. The summed E-state index contributed by atoms with van der Waals surface area (Å²) < 4.78 is 0. The second kappa shape index (κ2) is 3.81. The zero-order valence-electron chi connectivity index (χ0n) is 9.39.